The zero-order valence-electron chi connectivity index (χ0n) is 9.09. The lowest BCUT2D eigenvalue weighted by atomic mass is 9.87. The average Bonchev–Trinajstić information content (AvgIpc) is 2.41. The van der Waals surface area contributed by atoms with E-state index in [0.717, 1.165) is 6.54 Å². The molecule has 0 aliphatic heterocycles. The molecule has 1 N–H and O–H groups in total. The predicted octanol–water partition coefficient (Wildman–Crippen LogP) is 2.58. The van der Waals surface area contributed by atoms with Gasteiger partial charge >= 0.3 is 0 Å². The Labute approximate surface area is 85.8 Å². The Morgan fingerprint density at radius 1 is 1.21 bits per heavy atom. The molecular weight excluding hydrogens is 170 g/mol. The molecule has 1 aromatic carbocycles. The first kappa shape index (κ1) is 9.47. The second-order valence-corrected chi connectivity index (χ2v) is 4.47. The molecule has 1 aliphatic rings. The van der Waals surface area contributed by atoms with Crippen molar-refractivity contribution in [3.63, 3.8) is 0 Å². The fraction of sp³-hybridized carbons (Fsp3) is 0.385. The Kier molecular flexibility index (Phi) is 2.20. The van der Waals surface area contributed by atoms with Crippen molar-refractivity contribution in [1.82, 2.24) is 5.32 Å². The number of rotatable bonds is 2. The van der Waals surface area contributed by atoms with Crippen molar-refractivity contribution in [2.24, 2.45) is 0 Å². The van der Waals surface area contributed by atoms with E-state index in [9.17, 15) is 0 Å². The van der Waals surface area contributed by atoms with Crippen molar-refractivity contribution >= 4 is 5.57 Å². The molecule has 0 unspecified atom stereocenters. The lowest BCUT2D eigenvalue weighted by Gasteiger charge is -2.16. The molecule has 0 spiro atoms. The number of hydrogen-bond donors (Lipinski definition) is 1. The van der Waals surface area contributed by atoms with Gasteiger partial charge in [0.25, 0.3) is 0 Å². The van der Waals surface area contributed by atoms with Crippen LogP contribution < -0.4 is 5.32 Å². The predicted molar refractivity (Wildman–Crippen MR) is 61.4 cm³/mol. The van der Waals surface area contributed by atoms with E-state index in [1.54, 1.807) is 0 Å². The van der Waals surface area contributed by atoms with E-state index in [2.05, 4.69) is 49.5 Å². The number of fused-ring (bicyclic) bond motifs is 1. The van der Waals surface area contributed by atoms with Crippen LogP contribution in [-0.4, -0.2) is 13.6 Å². The van der Waals surface area contributed by atoms with Gasteiger partial charge in [0.15, 0.2) is 0 Å². The van der Waals surface area contributed by atoms with Gasteiger partial charge in [0.1, 0.15) is 0 Å². The van der Waals surface area contributed by atoms with Crippen LogP contribution in [0.3, 0.4) is 0 Å². The van der Waals surface area contributed by atoms with Gasteiger partial charge < -0.3 is 5.32 Å². The van der Waals surface area contributed by atoms with Crippen LogP contribution in [0.5, 0.6) is 0 Å². The molecular formula is C13H17N. The fourth-order valence-electron chi connectivity index (χ4n) is 2.25. The minimum atomic E-state index is 0.197. The quantitative estimate of drug-likeness (QED) is 0.750. The van der Waals surface area contributed by atoms with Crippen LogP contribution in [0, 0.1) is 0 Å². The average molecular weight is 187 g/mol. The minimum Gasteiger partial charge on any atom is -0.316 e. The van der Waals surface area contributed by atoms with Gasteiger partial charge in [-0.05, 0) is 23.7 Å². The standard InChI is InChI=1S/C13H17N/c1-13(2)8-10(9-14-3)11-6-4-5-7-12(11)13/h4-8,14H,9H2,1-3H3. The molecule has 1 aliphatic carbocycles. The third kappa shape index (κ3) is 1.38. The first-order valence-electron chi connectivity index (χ1n) is 5.11. The van der Waals surface area contributed by atoms with Crippen LogP contribution in [-0.2, 0) is 5.41 Å². The molecule has 0 aromatic heterocycles. The SMILES string of the molecule is CNCC1=CC(C)(C)c2ccccc21. The first-order chi connectivity index (χ1) is 6.65. The number of nitrogens with one attached hydrogen (secondary N) is 1. The summed E-state index contributed by atoms with van der Waals surface area (Å²) in [7, 11) is 1.99. The number of benzene rings is 1. The van der Waals surface area contributed by atoms with E-state index in [4.69, 9.17) is 0 Å². The van der Waals surface area contributed by atoms with Crippen LogP contribution >= 0.6 is 0 Å². The van der Waals surface area contributed by atoms with Gasteiger partial charge in [0, 0.05) is 12.0 Å². The summed E-state index contributed by atoms with van der Waals surface area (Å²) in [6.45, 7) is 5.50. The minimum absolute atomic E-state index is 0.197. The Morgan fingerprint density at radius 2 is 1.93 bits per heavy atom. The van der Waals surface area contributed by atoms with Crippen LogP contribution in [0.2, 0.25) is 0 Å². The molecule has 0 radical (unpaired) electrons. The molecule has 0 amide bonds. The monoisotopic (exact) mass is 187 g/mol. The van der Waals surface area contributed by atoms with E-state index in [1.807, 2.05) is 7.05 Å². The van der Waals surface area contributed by atoms with Gasteiger partial charge in [-0.25, -0.2) is 0 Å². The molecule has 0 atom stereocenters. The molecule has 2 rings (SSSR count). The summed E-state index contributed by atoms with van der Waals surface area (Å²) in [4.78, 5) is 0. The van der Waals surface area contributed by atoms with Gasteiger partial charge in [0.05, 0.1) is 0 Å². The fourth-order valence-corrected chi connectivity index (χ4v) is 2.25. The molecule has 0 saturated heterocycles. The van der Waals surface area contributed by atoms with Gasteiger partial charge in [-0.2, -0.15) is 0 Å². The number of hydrogen-bond acceptors (Lipinski definition) is 1. The summed E-state index contributed by atoms with van der Waals surface area (Å²) in [5.41, 5.74) is 4.48. The van der Waals surface area contributed by atoms with Crippen LogP contribution in [0.4, 0.5) is 0 Å². The normalized spacial score (nSPS) is 17.8. The van der Waals surface area contributed by atoms with E-state index >= 15 is 0 Å². The zero-order chi connectivity index (χ0) is 10.2. The number of allylic oxidation sites excluding steroid dienone is 1. The summed E-state index contributed by atoms with van der Waals surface area (Å²) in [5.74, 6) is 0. The molecule has 0 fully saturated rings. The van der Waals surface area contributed by atoms with Crippen molar-refractivity contribution in [2.75, 3.05) is 13.6 Å². The van der Waals surface area contributed by atoms with E-state index in [0.29, 0.717) is 0 Å². The molecule has 1 heteroatoms. The highest BCUT2D eigenvalue weighted by atomic mass is 14.8. The highest BCUT2D eigenvalue weighted by Crippen LogP contribution is 2.39. The third-order valence-electron chi connectivity index (χ3n) is 2.87. The van der Waals surface area contributed by atoms with Crippen molar-refractivity contribution in [1.29, 1.82) is 0 Å². The number of likely N-dealkylation sites (N-methyl/N-ethyl adjacent to an activating group) is 1. The van der Waals surface area contributed by atoms with Gasteiger partial charge in [-0.1, -0.05) is 44.2 Å². The Bertz CT molecular complexity index is 375. The van der Waals surface area contributed by atoms with Gasteiger partial charge in [-0.3, -0.25) is 0 Å². The highest BCUT2D eigenvalue weighted by Gasteiger charge is 2.28. The summed E-state index contributed by atoms with van der Waals surface area (Å²) in [6, 6.07) is 8.68. The Balaban J connectivity index is 2.49. The topological polar surface area (TPSA) is 12.0 Å². The van der Waals surface area contributed by atoms with Crippen LogP contribution in [0.25, 0.3) is 5.57 Å². The molecule has 1 aromatic rings. The molecule has 14 heavy (non-hydrogen) atoms. The van der Waals surface area contributed by atoms with Crippen LogP contribution in [0.15, 0.2) is 30.3 Å². The van der Waals surface area contributed by atoms with Crippen molar-refractivity contribution in [2.45, 2.75) is 19.3 Å². The molecule has 0 saturated carbocycles. The summed E-state index contributed by atoms with van der Waals surface area (Å²) in [6.07, 6.45) is 2.37. The molecule has 0 heterocycles. The zero-order valence-corrected chi connectivity index (χ0v) is 9.09. The van der Waals surface area contributed by atoms with E-state index < -0.39 is 0 Å². The highest BCUT2D eigenvalue weighted by molar-refractivity contribution is 5.77. The van der Waals surface area contributed by atoms with Gasteiger partial charge in [0.2, 0.25) is 0 Å². The molecule has 1 nitrogen and oxygen atoms in total. The molecule has 74 valence electrons. The summed E-state index contributed by atoms with van der Waals surface area (Å²) >= 11 is 0. The van der Waals surface area contributed by atoms with Gasteiger partial charge in [-0.15, -0.1) is 0 Å². The lowest BCUT2D eigenvalue weighted by Crippen LogP contribution is -2.10. The molecule has 0 bridgehead atoms. The second kappa shape index (κ2) is 3.25. The maximum atomic E-state index is 3.22. The lowest BCUT2D eigenvalue weighted by molar-refractivity contribution is 0.682. The summed E-state index contributed by atoms with van der Waals surface area (Å²) < 4.78 is 0. The smallest absolute Gasteiger partial charge is 0.0205 e. The second-order valence-electron chi connectivity index (χ2n) is 4.47. The summed E-state index contributed by atoms with van der Waals surface area (Å²) in [5, 5.41) is 3.22. The third-order valence-corrected chi connectivity index (χ3v) is 2.87. The maximum absolute atomic E-state index is 3.22. The van der Waals surface area contributed by atoms with E-state index in [-0.39, 0.29) is 5.41 Å². The largest absolute Gasteiger partial charge is 0.316 e. The van der Waals surface area contributed by atoms with Crippen molar-refractivity contribution in [3.8, 4) is 0 Å². The van der Waals surface area contributed by atoms with E-state index in [1.165, 1.54) is 16.7 Å². The van der Waals surface area contributed by atoms with Crippen LogP contribution in [0.1, 0.15) is 25.0 Å². The maximum Gasteiger partial charge on any atom is 0.0205 e. The Hall–Kier alpha value is -1.08. The first-order valence-corrected chi connectivity index (χ1v) is 5.11. The Morgan fingerprint density at radius 3 is 2.64 bits per heavy atom. The van der Waals surface area contributed by atoms with Crippen molar-refractivity contribution in [3.05, 3.63) is 41.5 Å². The van der Waals surface area contributed by atoms with Crippen molar-refractivity contribution < 1.29 is 0 Å².